The van der Waals surface area contributed by atoms with Crippen molar-refractivity contribution in [3.63, 3.8) is 0 Å². The van der Waals surface area contributed by atoms with E-state index in [0.29, 0.717) is 19.0 Å². The van der Waals surface area contributed by atoms with Crippen molar-refractivity contribution in [2.45, 2.75) is 6.92 Å². The van der Waals surface area contributed by atoms with Crippen LogP contribution in [0, 0.1) is 6.92 Å². The van der Waals surface area contributed by atoms with Crippen molar-refractivity contribution in [3.05, 3.63) is 30.1 Å². The van der Waals surface area contributed by atoms with Gasteiger partial charge in [-0.3, -0.25) is 5.10 Å². The van der Waals surface area contributed by atoms with Crippen molar-refractivity contribution < 1.29 is 4.74 Å². The molecule has 0 saturated heterocycles. The molecule has 0 spiro atoms. The van der Waals surface area contributed by atoms with E-state index in [1.807, 2.05) is 31.2 Å². The highest BCUT2D eigenvalue weighted by molar-refractivity contribution is 5.55. The average Bonchev–Trinajstić information content (AvgIpc) is 2.74. The summed E-state index contributed by atoms with van der Waals surface area (Å²) >= 11 is 0. The van der Waals surface area contributed by atoms with Gasteiger partial charge in [0.25, 0.3) is 0 Å². The first-order valence-electron chi connectivity index (χ1n) is 5.12. The van der Waals surface area contributed by atoms with Crippen LogP contribution in [0.4, 0.5) is 0 Å². The summed E-state index contributed by atoms with van der Waals surface area (Å²) in [5, 5.41) is 6.89. The van der Waals surface area contributed by atoms with Gasteiger partial charge in [0.15, 0.2) is 5.82 Å². The quantitative estimate of drug-likeness (QED) is 0.806. The molecule has 0 fully saturated rings. The number of benzene rings is 1. The van der Waals surface area contributed by atoms with Crippen LogP contribution < -0.4 is 10.5 Å². The van der Waals surface area contributed by atoms with Crippen LogP contribution in [0.2, 0.25) is 0 Å². The van der Waals surface area contributed by atoms with Gasteiger partial charge in [0.1, 0.15) is 18.2 Å². The molecule has 0 saturated carbocycles. The topological polar surface area (TPSA) is 76.8 Å². The SMILES string of the molecule is Cc1nc(-c2ccc(OCCN)cc2)n[nH]1. The fourth-order valence-corrected chi connectivity index (χ4v) is 1.35. The third kappa shape index (κ3) is 2.38. The second-order valence-corrected chi connectivity index (χ2v) is 3.41. The molecule has 3 N–H and O–H groups in total. The van der Waals surface area contributed by atoms with Gasteiger partial charge in [-0.1, -0.05) is 0 Å². The van der Waals surface area contributed by atoms with Gasteiger partial charge in [0, 0.05) is 12.1 Å². The molecular formula is C11H14N4O. The van der Waals surface area contributed by atoms with E-state index in [1.165, 1.54) is 0 Å². The lowest BCUT2D eigenvalue weighted by Gasteiger charge is -2.04. The largest absolute Gasteiger partial charge is 0.492 e. The molecule has 84 valence electrons. The van der Waals surface area contributed by atoms with Gasteiger partial charge < -0.3 is 10.5 Å². The Morgan fingerprint density at radius 2 is 2.06 bits per heavy atom. The molecule has 5 heteroatoms. The standard InChI is InChI=1S/C11H14N4O/c1-8-13-11(15-14-8)9-2-4-10(5-3-9)16-7-6-12/h2-5H,6-7,12H2,1H3,(H,13,14,15). The first-order chi connectivity index (χ1) is 7.79. The predicted molar refractivity (Wildman–Crippen MR) is 61.1 cm³/mol. The van der Waals surface area contributed by atoms with E-state index in [9.17, 15) is 0 Å². The highest BCUT2D eigenvalue weighted by Crippen LogP contribution is 2.18. The van der Waals surface area contributed by atoms with Gasteiger partial charge in [-0.2, -0.15) is 5.10 Å². The minimum Gasteiger partial charge on any atom is -0.492 e. The summed E-state index contributed by atoms with van der Waals surface area (Å²) < 4.78 is 5.38. The van der Waals surface area contributed by atoms with Gasteiger partial charge in [-0.25, -0.2) is 4.98 Å². The second-order valence-electron chi connectivity index (χ2n) is 3.41. The maximum Gasteiger partial charge on any atom is 0.181 e. The van der Waals surface area contributed by atoms with Gasteiger partial charge in [0.2, 0.25) is 0 Å². The maximum absolute atomic E-state index is 5.38. The molecule has 0 aliphatic heterocycles. The number of aromatic nitrogens is 3. The number of aryl methyl sites for hydroxylation is 1. The molecule has 2 rings (SSSR count). The molecule has 1 aromatic carbocycles. The molecule has 0 aliphatic rings. The third-order valence-electron chi connectivity index (χ3n) is 2.10. The molecule has 0 aliphatic carbocycles. The third-order valence-corrected chi connectivity index (χ3v) is 2.10. The number of hydrogen-bond donors (Lipinski definition) is 2. The number of ether oxygens (including phenoxy) is 1. The highest BCUT2D eigenvalue weighted by atomic mass is 16.5. The number of rotatable bonds is 4. The number of hydrogen-bond acceptors (Lipinski definition) is 4. The summed E-state index contributed by atoms with van der Waals surface area (Å²) in [5.74, 6) is 2.31. The van der Waals surface area contributed by atoms with Gasteiger partial charge in [-0.15, -0.1) is 0 Å². The first kappa shape index (κ1) is 10.6. The van der Waals surface area contributed by atoms with Crippen molar-refractivity contribution >= 4 is 0 Å². The summed E-state index contributed by atoms with van der Waals surface area (Å²) in [5.41, 5.74) is 6.31. The molecule has 5 nitrogen and oxygen atoms in total. The maximum atomic E-state index is 5.38. The fourth-order valence-electron chi connectivity index (χ4n) is 1.35. The summed E-state index contributed by atoms with van der Waals surface area (Å²) in [6.45, 7) is 2.91. The zero-order valence-electron chi connectivity index (χ0n) is 9.10. The lowest BCUT2D eigenvalue weighted by molar-refractivity contribution is 0.328. The molecule has 1 heterocycles. The Kier molecular flexibility index (Phi) is 3.16. The Hall–Kier alpha value is -1.88. The molecule has 0 radical (unpaired) electrons. The fraction of sp³-hybridized carbons (Fsp3) is 0.273. The summed E-state index contributed by atoms with van der Waals surface area (Å²) in [6, 6.07) is 7.62. The van der Waals surface area contributed by atoms with Crippen LogP contribution >= 0.6 is 0 Å². The van der Waals surface area contributed by atoms with Crippen LogP contribution in [-0.4, -0.2) is 28.3 Å². The monoisotopic (exact) mass is 218 g/mol. The molecule has 0 bridgehead atoms. The summed E-state index contributed by atoms with van der Waals surface area (Å²) in [7, 11) is 0. The molecule has 0 unspecified atom stereocenters. The van der Waals surface area contributed by atoms with Crippen LogP contribution in [0.15, 0.2) is 24.3 Å². The van der Waals surface area contributed by atoms with Crippen molar-refractivity contribution in [2.24, 2.45) is 5.73 Å². The minimum atomic E-state index is 0.516. The van der Waals surface area contributed by atoms with Crippen LogP contribution in [-0.2, 0) is 0 Å². The number of nitrogens with two attached hydrogens (primary N) is 1. The Balaban J connectivity index is 2.13. The van der Waals surface area contributed by atoms with E-state index >= 15 is 0 Å². The molecule has 16 heavy (non-hydrogen) atoms. The zero-order chi connectivity index (χ0) is 11.4. The number of H-pyrrole nitrogens is 1. The van der Waals surface area contributed by atoms with Crippen molar-refractivity contribution in [3.8, 4) is 17.1 Å². The normalized spacial score (nSPS) is 10.4. The number of nitrogens with zero attached hydrogens (tertiary/aromatic N) is 2. The summed E-state index contributed by atoms with van der Waals surface area (Å²) in [4.78, 5) is 4.25. The van der Waals surface area contributed by atoms with Crippen LogP contribution in [0.1, 0.15) is 5.82 Å². The van der Waals surface area contributed by atoms with Gasteiger partial charge in [0.05, 0.1) is 0 Å². The van der Waals surface area contributed by atoms with E-state index in [1.54, 1.807) is 0 Å². The number of aromatic amines is 1. The smallest absolute Gasteiger partial charge is 0.181 e. The molecule has 0 amide bonds. The van der Waals surface area contributed by atoms with Gasteiger partial charge in [-0.05, 0) is 31.2 Å². The van der Waals surface area contributed by atoms with E-state index in [-0.39, 0.29) is 0 Å². The van der Waals surface area contributed by atoms with Crippen molar-refractivity contribution in [2.75, 3.05) is 13.2 Å². The summed E-state index contributed by atoms with van der Waals surface area (Å²) in [6.07, 6.45) is 0. The predicted octanol–water partition coefficient (Wildman–Crippen LogP) is 1.12. The molecular weight excluding hydrogens is 204 g/mol. The molecule has 2 aromatic rings. The van der Waals surface area contributed by atoms with E-state index < -0.39 is 0 Å². The van der Waals surface area contributed by atoms with E-state index in [2.05, 4.69) is 15.2 Å². The van der Waals surface area contributed by atoms with Gasteiger partial charge >= 0.3 is 0 Å². The Morgan fingerprint density at radius 1 is 1.31 bits per heavy atom. The Bertz CT molecular complexity index is 449. The van der Waals surface area contributed by atoms with Crippen LogP contribution in [0.5, 0.6) is 5.75 Å². The minimum absolute atomic E-state index is 0.516. The lowest BCUT2D eigenvalue weighted by Crippen LogP contribution is -2.10. The first-order valence-corrected chi connectivity index (χ1v) is 5.12. The molecule has 1 aromatic heterocycles. The second kappa shape index (κ2) is 4.76. The van der Waals surface area contributed by atoms with Crippen molar-refractivity contribution in [1.82, 2.24) is 15.2 Å². The lowest BCUT2D eigenvalue weighted by atomic mass is 10.2. The molecule has 0 atom stereocenters. The highest BCUT2D eigenvalue weighted by Gasteiger charge is 2.03. The Morgan fingerprint density at radius 3 is 2.62 bits per heavy atom. The Labute approximate surface area is 93.7 Å². The average molecular weight is 218 g/mol. The van der Waals surface area contributed by atoms with Crippen molar-refractivity contribution in [1.29, 1.82) is 0 Å². The van der Waals surface area contributed by atoms with Crippen LogP contribution in [0.25, 0.3) is 11.4 Å². The zero-order valence-corrected chi connectivity index (χ0v) is 9.10. The number of nitrogens with one attached hydrogen (secondary N) is 1. The van der Waals surface area contributed by atoms with E-state index in [4.69, 9.17) is 10.5 Å². The van der Waals surface area contributed by atoms with Crippen LogP contribution in [0.3, 0.4) is 0 Å². The van der Waals surface area contributed by atoms with E-state index in [0.717, 1.165) is 17.1 Å².